The highest BCUT2D eigenvalue weighted by molar-refractivity contribution is 5.68. The molecule has 0 bridgehead atoms. The fourth-order valence-corrected chi connectivity index (χ4v) is 1.69. The van der Waals surface area contributed by atoms with E-state index in [0.717, 1.165) is 11.1 Å². The summed E-state index contributed by atoms with van der Waals surface area (Å²) in [5, 5.41) is 17.6. The Hall–Kier alpha value is -3.31. The SMILES string of the molecule is Cc1ccncc1C#Cc1cc(C#N)ccc1OCC(=O)O. The Bertz CT molecular complexity index is 811. The fourth-order valence-electron chi connectivity index (χ4n) is 1.69. The van der Waals surface area contributed by atoms with Gasteiger partial charge in [0.05, 0.1) is 17.2 Å². The van der Waals surface area contributed by atoms with Crippen molar-refractivity contribution in [3.8, 4) is 23.7 Å². The predicted octanol–water partition coefficient (Wildman–Crippen LogP) is 2.12. The summed E-state index contributed by atoms with van der Waals surface area (Å²) in [6.07, 6.45) is 3.33. The zero-order chi connectivity index (χ0) is 15.9. The molecule has 5 nitrogen and oxygen atoms in total. The predicted molar refractivity (Wildman–Crippen MR) is 79.2 cm³/mol. The van der Waals surface area contributed by atoms with Crippen LogP contribution in [-0.2, 0) is 4.79 Å². The van der Waals surface area contributed by atoms with Crippen molar-refractivity contribution in [3.63, 3.8) is 0 Å². The standard InChI is InChI=1S/C17H12N2O3/c1-12-6-7-19-10-15(12)4-3-14-8-13(9-18)2-5-16(14)22-11-17(20)21/h2,5-8,10H,11H2,1H3,(H,20,21). The van der Waals surface area contributed by atoms with Crippen molar-refractivity contribution in [1.82, 2.24) is 4.98 Å². The van der Waals surface area contributed by atoms with Crippen LogP contribution in [0.5, 0.6) is 5.75 Å². The second kappa shape index (κ2) is 6.92. The summed E-state index contributed by atoms with van der Waals surface area (Å²) >= 11 is 0. The minimum atomic E-state index is -1.08. The van der Waals surface area contributed by atoms with E-state index in [1.54, 1.807) is 30.6 Å². The van der Waals surface area contributed by atoms with Crippen molar-refractivity contribution in [2.24, 2.45) is 0 Å². The van der Waals surface area contributed by atoms with Crippen molar-refractivity contribution in [2.45, 2.75) is 6.92 Å². The molecule has 0 aliphatic heterocycles. The van der Waals surface area contributed by atoms with Gasteiger partial charge < -0.3 is 9.84 Å². The van der Waals surface area contributed by atoms with Gasteiger partial charge in [-0.25, -0.2) is 4.79 Å². The molecule has 0 amide bonds. The molecule has 0 saturated heterocycles. The van der Waals surface area contributed by atoms with Crippen LogP contribution >= 0.6 is 0 Å². The second-order valence-electron chi connectivity index (χ2n) is 4.45. The number of hydrogen-bond acceptors (Lipinski definition) is 4. The molecule has 0 spiro atoms. The average molecular weight is 292 g/mol. The summed E-state index contributed by atoms with van der Waals surface area (Å²) in [4.78, 5) is 14.6. The van der Waals surface area contributed by atoms with E-state index in [0.29, 0.717) is 16.9 Å². The number of carbonyl (C=O) groups is 1. The van der Waals surface area contributed by atoms with Crippen LogP contribution in [0.15, 0.2) is 36.7 Å². The van der Waals surface area contributed by atoms with Gasteiger partial charge in [-0.2, -0.15) is 5.26 Å². The first-order valence-electron chi connectivity index (χ1n) is 6.41. The maximum atomic E-state index is 10.6. The van der Waals surface area contributed by atoms with E-state index in [9.17, 15) is 4.79 Å². The van der Waals surface area contributed by atoms with Crippen LogP contribution in [0.1, 0.15) is 22.3 Å². The van der Waals surface area contributed by atoms with E-state index in [4.69, 9.17) is 15.1 Å². The molecule has 5 heteroatoms. The van der Waals surface area contributed by atoms with Crippen LogP contribution in [-0.4, -0.2) is 22.7 Å². The lowest BCUT2D eigenvalue weighted by Crippen LogP contribution is -2.10. The average Bonchev–Trinajstić information content (AvgIpc) is 2.52. The molecular weight excluding hydrogens is 280 g/mol. The lowest BCUT2D eigenvalue weighted by molar-refractivity contribution is -0.139. The number of hydrogen-bond donors (Lipinski definition) is 1. The quantitative estimate of drug-likeness (QED) is 0.876. The van der Waals surface area contributed by atoms with Gasteiger partial charge in [0.2, 0.25) is 0 Å². The Kier molecular flexibility index (Phi) is 4.74. The molecule has 2 rings (SSSR count). The van der Waals surface area contributed by atoms with Crippen LogP contribution in [0.25, 0.3) is 0 Å². The van der Waals surface area contributed by atoms with Crippen molar-refractivity contribution in [2.75, 3.05) is 6.61 Å². The smallest absolute Gasteiger partial charge is 0.341 e. The zero-order valence-corrected chi connectivity index (χ0v) is 11.8. The monoisotopic (exact) mass is 292 g/mol. The number of ether oxygens (including phenoxy) is 1. The number of rotatable bonds is 3. The van der Waals surface area contributed by atoms with Crippen LogP contribution in [0.4, 0.5) is 0 Å². The van der Waals surface area contributed by atoms with E-state index >= 15 is 0 Å². The lowest BCUT2D eigenvalue weighted by Gasteiger charge is -2.06. The summed E-state index contributed by atoms with van der Waals surface area (Å²) in [7, 11) is 0. The third kappa shape index (κ3) is 3.84. The molecule has 0 fully saturated rings. The van der Waals surface area contributed by atoms with Crippen LogP contribution < -0.4 is 4.74 Å². The molecule has 0 aliphatic rings. The Morgan fingerprint density at radius 2 is 2.09 bits per heavy atom. The van der Waals surface area contributed by atoms with Crippen molar-refractivity contribution >= 4 is 5.97 Å². The summed E-state index contributed by atoms with van der Waals surface area (Å²) < 4.78 is 5.19. The Labute approximate surface area is 127 Å². The first-order chi connectivity index (χ1) is 10.6. The molecule has 1 aromatic carbocycles. The Morgan fingerprint density at radius 3 is 2.77 bits per heavy atom. The molecule has 1 heterocycles. The van der Waals surface area contributed by atoms with E-state index in [-0.39, 0.29) is 0 Å². The molecule has 0 atom stereocenters. The molecule has 0 aliphatic carbocycles. The van der Waals surface area contributed by atoms with Crippen molar-refractivity contribution < 1.29 is 14.6 Å². The molecule has 22 heavy (non-hydrogen) atoms. The normalized spacial score (nSPS) is 9.27. The number of aliphatic carboxylic acids is 1. The number of aryl methyl sites for hydroxylation is 1. The topological polar surface area (TPSA) is 83.2 Å². The Balaban J connectivity index is 2.38. The maximum absolute atomic E-state index is 10.6. The van der Waals surface area contributed by atoms with Gasteiger partial charge in [0, 0.05) is 18.0 Å². The summed E-state index contributed by atoms with van der Waals surface area (Å²) in [6.45, 7) is 1.45. The summed E-state index contributed by atoms with van der Waals surface area (Å²) in [6, 6.07) is 8.52. The summed E-state index contributed by atoms with van der Waals surface area (Å²) in [5.74, 6) is 5.12. The Morgan fingerprint density at radius 1 is 1.32 bits per heavy atom. The van der Waals surface area contributed by atoms with Crippen molar-refractivity contribution in [1.29, 1.82) is 5.26 Å². The lowest BCUT2D eigenvalue weighted by atomic mass is 10.1. The highest BCUT2D eigenvalue weighted by atomic mass is 16.5. The highest BCUT2D eigenvalue weighted by Crippen LogP contribution is 2.19. The number of nitrogens with zero attached hydrogens (tertiary/aromatic N) is 2. The van der Waals surface area contributed by atoms with Gasteiger partial charge in [-0.1, -0.05) is 11.8 Å². The summed E-state index contributed by atoms with van der Waals surface area (Å²) in [5.41, 5.74) is 2.62. The molecular formula is C17H12N2O3. The number of aromatic nitrogens is 1. The van der Waals surface area contributed by atoms with E-state index < -0.39 is 12.6 Å². The second-order valence-corrected chi connectivity index (χ2v) is 4.45. The van der Waals surface area contributed by atoms with E-state index in [1.807, 2.05) is 19.1 Å². The first kappa shape index (κ1) is 15.1. The zero-order valence-electron chi connectivity index (χ0n) is 11.8. The van der Waals surface area contributed by atoms with Crippen molar-refractivity contribution in [3.05, 3.63) is 58.9 Å². The van der Waals surface area contributed by atoms with Gasteiger partial charge in [0.1, 0.15) is 5.75 Å². The molecule has 2 aromatic rings. The van der Waals surface area contributed by atoms with E-state index in [2.05, 4.69) is 16.8 Å². The molecule has 108 valence electrons. The van der Waals surface area contributed by atoms with Gasteiger partial charge >= 0.3 is 5.97 Å². The van der Waals surface area contributed by atoms with Crippen LogP contribution in [0.3, 0.4) is 0 Å². The maximum Gasteiger partial charge on any atom is 0.341 e. The van der Waals surface area contributed by atoms with Gasteiger partial charge in [-0.3, -0.25) is 4.98 Å². The highest BCUT2D eigenvalue weighted by Gasteiger charge is 2.06. The molecule has 1 aromatic heterocycles. The number of pyridine rings is 1. The minimum absolute atomic E-state index is 0.329. The van der Waals surface area contributed by atoms with Crippen LogP contribution in [0.2, 0.25) is 0 Å². The first-order valence-corrected chi connectivity index (χ1v) is 6.41. The third-order valence-electron chi connectivity index (χ3n) is 2.83. The van der Waals surface area contributed by atoms with Gasteiger partial charge in [-0.15, -0.1) is 0 Å². The largest absolute Gasteiger partial charge is 0.481 e. The number of nitriles is 1. The number of carboxylic acid groups (broad SMARTS) is 1. The van der Waals surface area contributed by atoms with Gasteiger partial charge in [-0.05, 0) is 36.8 Å². The van der Waals surface area contributed by atoms with E-state index in [1.165, 1.54) is 0 Å². The number of benzene rings is 1. The third-order valence-corrected chi connectivity index (χ3v) is 2.83. The molecule has 0 unspecified atom stereocenters. The van der Waals surface area contributed by atoms with Gasteiger partial charge in [0.25, 0.3) is 0 Å². The van der Waals surface area contributed by atoms with Gasteiger partial charge in [0.15, 0.2) is 6.61 Å². The molecule has 1 N–H and O–H groups in total. The molecule has 0 radical (unpaired) electrons. The minimum Gasteiger partial charge on any atom is -0.481 e. The fraction of sp³-hybridized carbons (Fsp3) is 0.118. The molecule has 0 saturated carbocycles. The van der Waals surface area contributed by atoms with Crippen LogP contribution in [0, 0.1) is 30.1 Å². The number of carboxylic acids is 1.